The quantitative estimate of drug-likeness (QED) is 0.902. The molecular weight excluding hydrogens is 331 g/mol. The van der Waals surface area contributed by atoms with Crippen molar-refractivity contribution in [3.8, 4) is 11.1 Å². The maximum atomic E-state index is 5.91. The van der Waals surface area contributed by atoms with Crippen molar-refractivity contribution in [3.63, 3.8) is 0 Å². The van der Waals surface area contributed by atoms with Gasteiger partial charge in [0.05, 0.1) is 12.7 Å². The fraction of sp³-hybridized carbons (Fsp3) is 0.389. The van der Waals surface area contributed by atoms with Crippen molar-refractivity contribution >= 4 is 24.8 Å². The molecule has 126 valence electrons. The van der Waals surface area contributed by atoms with Gasteiger partial charge in [0.15, 0.2) is 0 Å². The van der Waals surface area contributed by atoms with E-state index in [1.165, 1.54) is 22.3 Å². The van der Waals surface area contributed by atoms with Gasteiger partial charge < -0.3 is 10.1 Å². The maximum absolute atomic E-state index is 5.91. The van der Waals surface area contributed by atoms with Gasteiger partial charge in [-0.1, -0.05) is 18.2 Å². The minimum atomic E-state index is 0. The molecule has 1 aromatic heterocycles. The van der Waals surface area contributed by atoms with Crippen molar-refractivity contribution in [1.82, 2.24) is 10.3 Å². The Labute approximate surface area is 150 Å². The van der Waals surface area contributed by atoms with Crippen LogP contribution in [-0.2, 0) is 11.2 Å². The number of hydrogen-bond acceptors (Lipinski definition) is 3. The van der Waals surface area contributed by atoms with E-state index in [9.17, 15) is 0 Å². The lowest BCUT2D eigenvalue weighted by molar-refractivity contribution is 0.0440. The van der Waals surface area contributed by atoms with Crippen molar-refractivity contribution in [2.75, 3.05) is 20.2 Å². The van der Waals surface area contributed by atoms with Crippen molar-refractivity contribution in [3.05, 3.63) is 52.8 Å². The summed E-state index contributed by atoms with van der Waals surface area (Å²) in [6.07, 6.45) is 1.13. The minimum absolute atomic E-state index is 0. The molecule has 0 saturated heterocycles. The van der Waals surface area contributed by atoms with Gasteiger partial charge >= 0.3 is 0 Å². The third-order valence-corrected chi connectivity index (χ3v) is 4.01. The SMILES string of the molecule is CNC[C@@H]1OCCc2c(-c3cc(C)nc(C)c3)cccc21.Cl.Cl. The number of nitrogens with one attached hydrogen (secondary N) is 1. The molecule has 0 saturated carbocycles. The third-order valence-electron chi connectivity index (χ3n) is 4.01. The molecule has 0 unspecified atom stereocenters. The van der Waals surface area contributed by atoms with Gasteiger partial charge in [0.2, 0.25) is 0 Å². The first-order valence-electron chi connectivity index (χ1n) is 7.52. The Morgan fingerprint density at radius 1 is 1.17 bits per heavy atom. The summed E-state index contributed by atoms with van der Waals surface area (Å²) in [6.45, 7) is 5.75. The van der Waals surface area contributed by atoms with E-state index >= 15 is 0 Å². The number of rotatable bonds is 3. The van der Waals surface area contributed by atoms with Crippen molar-refractivity contribution < 1.29 is 4.74 Å². The highest BCUT2D eigenvalue weighted by molar-refractivity contribution is 5.85. The molecule has 23 heavy (non-hydrogen) atoms. The van der Waals surface area contributed by atoms with Gasteiger partial charge in [-0.2, -0.15) is 0 Å². The Morgan fingerprint density at radius 3 is 2.52 bits per heavy atom. The predicted octanol–water partition coefficient (Wildman–Crippen LogP) is 4.04. The van der Waals surface area contributed by atoms with Gasteiger partial charge in [-0.15, -0.1) is 24.8 Å². The van der Waals surface area contributed by atoms with Crippen LogP contribution in [-0.4, -0.2) is 25.2 Å². The zero-order valence-electron chi connectivity index (χ0n) is 13.8. The second-order valence-corrected chi connectivity index (χ2v) is 5.68. The molecule has 0 aliphatic carbocycles. The number of likely N-dealkylation sites (N-methyl/N-ethyl adjacent to an activating group) is 1. The highest BCUT2D eigenvalue weighted by Gasteiger charge is 2.22. The standard InChI is InChI=1S/C18H22N2O.2ClH/c1-12-9-14(10-13(2)20-12)15-5-4-6-17-16(15)7-8-21-18(17)11-19-3;;/h4-6,9-10,18-19H,7-8,11H2,1-3H3;2*1H/t18-;;/m0../s1. The van der Waals surface area contributed by atoms with Gasteiger partial charge in [-0.3, -0.25) is 4.98 Å². The molecule has 0 spiro atoms. The molecule has 1 aliphatic rings. The van der Waals surface area contributed by atoms with E-state index < -0.39 is 0 Å². The number of fused-ring (bicyclic) bond motifs is 1. The zero-order chi connectivity index (χ0) is 14.8. The first-order valence-corrected chi connectivity index (χ1v) is 7.52. The molecule has 1 atom stereocenters. The molecule has 1 aromatic carbocycles. The fourth-order valence-electron chi connectivity index (χ4n) is 3.19. The third kappa shape index (κ3) is 4.24. The van der Waals surface area contributed by atoms with Gasteiger partial charge in [0.1, 0.15) is 0 Å². The van der Waals surface area contributed by atoms with Gasteiger partial charge in [-0.05, 0) is 61.7 Å². The van der Waals surface area contributed by atoms with Crippen LogP contribution in [0.25, 0.3) is 11.1 Å². The Morgan fingerprint density at radius 2 is 1.87 bits per heavy atom. The molecule has 0 amide bonds. The first-order chi connectivity index (χ1) is 10.2. The van der Waals surface area contributed by atoms with E-state index in [1.807, 2.05) is 7.05 Å². The van der Waals surface area contributed by atoms with E-state index in [4.69, 9.17) is 4.74 Å². The molecule has 1 N–H and O–H groups in total. The summed E-state index contributed by atoms with van der Waals surface area (Å²) < 4.78 is 5.91. The number of halogens is 2. The van der Waals surface area contributed by atoms with Gasteiger partial charge in [0.25, 0.3) is 0 Å². The van der Waals surface area contributed by atoms with Crippen LogP contribution >= 0.6 is 24.8 Å². The molecule has 1 aliphatic heterocycles. The van der Waals surface area contributed by atoms with E-state index in [1.54, 1.807) is 0 Å². The Balaban J connectivity index is 0.00000132. The van der Waals surface area contributed by atoms with Crippen molar-refractivity contribution in [1.29, 1.82) is 0 Å². The summed E-state index contributed by atoms with van der Waals surface area (Å²) in [5.41, 5.74) is 7.48. The summed E-state index contributed by atoms with van der Waals surface area (Å²) in [4.78, 5) is 4.48. The van der Waals surface area contributed by atoms with Crippen molar-refractivity contribution in [2.45, 2.75) is 26.4 Å². The maximum Gasteiger partial charge on any atom is 0.0952 e. The van der Waals surface area contributed by atoms with Gasteiger partial charge in [0, 0.05) is 17.9 Å². The van der Waals surface area contributed by atoms with Crippen LogP contribution in [0.2, 0.25) is 0 Å². The van der Waals surface area contributed by atoms with Crippen LogP contribution in [0.4, 0.5) is 0 Å². The number of aromatic nitrogens is 1. The second kappa shape index (κ2) is 8.65. The lowest BCUT2D eigenvalue weighted by Crippen LogP contribution is -2.25. The largest absolute Gasteiger partial charge is 0.372 e. The summed E-state index contributed by atoms with van der Waals surface area (Å²) in [6, 6.07) is 10.9. The highest BCUT2D eigenvalue weighted by atomic mass is 35.5. The molecule has 2 heterocycles. The molecule has 0 bridgehead atoms. The lowest BCUT2D eigenvalue weighted by atomic mass is 9.89. The normalized spacial score (nSPS) is 16.0. The number of pyridine rings is 1. The highest BCUT2D eigenvalue weighted by Crippen LogP contribution is 2.34. The Bertz CT molecular complexity index is 641. The predicted molar refractivity (Wildman–Crippen MR) is 100.0 cm³/mol. The van der Waals surface area contributed by atoms with E-state index in [0.717, 1.165) is 31.0 Å². The Kier molecular flexibility index (Phi) is 7.49. The van der Waals surface area contributed by atoms with Gasteiger partial charge in [-0.25, -0.2) is 0 Å². The zero-order valence-corrected chi connectivity index (χ0v) is 15.4. The molecule has 0 fully saturated rings. The molecule has 3 nitrogen and oxygen atoms in total. The average Bonchev–Trinajstić information content (AvgIpc) is 2.46. The van der Waals surface area contributed by atoms with Crippen LogP contribution in [0.3, 0.4) is 0 Å². The second-order valence-electron chi connectivity index (χ2n) is 5.68. The van der Waals surface area contributed by atoms with Crippen LogP contribution in [0.5, 0.6) is 0 Å². The smallest absolute Gasteiger partial charge is 0.0952 e. The monoisotopic (exact) mass is 354 g/mol. The number of benzene rings is 1. The molecule has 2 aromatic rings. The van der Waals surface area contributed by atoms with Crippen LogP contribution in [0.15, 0.2) is 30.3 Å². The minimum Gasteiger partial charge on any atom is -0.372 e. The molecule has 0 radical (unpaired) electrons. The van der Waals surface area contributed by atoms with E-state index in [2.05, 4.69) is 54.5 Å². The molecule has 5 heteroatoms. The van der Waals surface area contributed by atoms with Crippen LogP contribution in [0.1, 0.15) is 28.6 Å². The number of hydrogen-bond donors (Lipinski definition) is 1. The van der Waals surface area contributed by atoms with Crippen LogP contribution in [0, 0.1) is 13.8 Å². The number of nitrogens with zero attached hydrogens (tertiary/aromatic N) is 1. The number of ether oxygens (including phenoxy) is 1. The molecule has 3 rings (SSSR count). The topological polar surface area (TPSA) is 34.1 Å². The summed E-state index contributed by atoms with van der Waals surface area (Å²) in [5, 5.41) is 3.22. The van der Waals surface area contributed by atoms with Crippen molar-refractivity contribution in [2.24, 2.45) is 0 Å². The Hall–Kier alpha value is -1.13. The van der Waals surface area contributed by atoms with E-state index in [0.29, 0.717) is 0 Å². The summed E-state index contributed by atoms with van der Waals surface area (Å²) >= 11 is 0. The average molecular weight is 355 g/mol. The summed E-state index contributed by atoms with van der Waals surface area (Å²) in [7, 11) is 1.97. The first kappa shape index (κ1) is 19.9. The fourth-order valence-corrected chi connectivity index (χ4v) is 3.19. The molecular formula is C18H24Cl2N2O. The summed E-state index contributed by atoms with van der Waals surface area (Å²) in [5.74, 6) is 0. The number of aryl methyl sites for hydroxylation is 2. The van der Waals surface area contributed by atoms with Crippen LogP contribution < -0.4 is 5.32 Å². The van der Waals surface area contributed by atoms with E-state index in [-0.39, 0.29) is 30.9 Å². The lowest BCUT2D eigenvalue weighted by Gasteiger charge is -2.28.